The number of amides is 1. The van der Waals surface area contributed by atoms with Crippen LogP contribution in [0.25, 0.3) is 11.1 Å². The van der Waals surface area contributed by atoms with E-state index in [1.807, 2.05) is 0 Å². The maximum Gasteiger partial charge on any atom is 0.490 e. The molecule has 2 atom stereocenters. The highest BCUT2D eigenvalue weighted by molar-refractivity contribution is 7.12. The van der Waals surface area contributed by atoms with Crippen LogP contribution < -0.4 is 5.32 Å². The van der Waals surface area contributed by atoms with Crippen molar-refractivity contribution in [3.8, 4) is 17.2 Å². The molecule has 2 aromatic heterocycles. The third-order valence-electron chi connectivity index (χ3n) is 7.28. The first-order chi connectivity index (χ1) is 21.8. The molecular formula is C29H24F9N5O3S. The number of benzene rings is 1. The van der Waals surface area contributed by atoms with E-state index in [0.717, 1.165) is 28.3 Å². The molecule has 5 rings (SSSR count). The van der Waals surface area contributed by atoms with Crippen LogP contribution in [-0.4, -0.2) is 62.9 Å². The summed E-state index contributed by atoms with van der Waals surface area (Å²) in [4.78, 5) is 24.4. The first kappa shape index (κ1) is 35.5. The largest absolute Gasteiger partial charge is 0.490 e. The van der Waals surface area contributed by atoms with Gasteiger partial charge in [-0.2, -0.15) is 36.7 Å². The van der Waals surface area contributed by atoms with Crippen LogP contribution in [0, 0.1) is 17.1 Å². The Bertz CT molecular complexity index is 1720. The van der Waals surface area contributed by atoms with Crippen LogP contribution in [0.15, 0.2) is 42.6 Å². The Morgan fingerprint density at radius 1 is 1.21 bits per heavy atom. The zero-order valence-corrected chi connectivity index (χ0v) is 24.9. The summed E-state index contributed by atoms with van der Waals surface area (Å²) in [5, 5.41) is 22.9. The minimum absolute atomic E-state index is 0.0221. The Morgan fingerprint density at radius 3 is 2.45 bits per heavy atom. The van der Waals surface area contributed by atoms with Gasteiger partial charge in [0, 0.05) is 59.7 Å². The van der Waals surface area contributed by atoms with Gasteiger partial charge in [-0.15, -0.1) is 11.3 Å². The smallest absolute Gasteiger partial charge is 0.475 e. The van der Waals surface area contributed by atoms with Crippen LogP contribution in [0.5, 0.6) is 0 Å². The predicted octanol–water partition coefficient (Wildman–Crippen LogP) is 6.32. The van der Waals surface area contributed by atoms with Gasteiger partial charge in [0.15, 0.2) is 5.69 Å². The molecule has 252 valence electrons. The normalized spacial score (nSPS) is 19.2. The molecule has 1 fully saturated rings. The summed E-state index contributed by atoms with van der Waals surface area (Å²) in [6, 6.07) is 6.94. The lowest BCUT2D eigenvalue weighted by Crippen LogP contribution is -2.37. The summed E-state index contributed by atoms with van der Waals surface area (Å²) >= 11 is 1.14. The average molecular weight is 694 g/mol. The highest BCUT2D eigenvalue weighted by atomic mass is 32.1. The van der Waals surface area contributed by atoms with Crippen molar-refractivity contribution in [3.63, 3.8) is 0 Å². The maximum absolute atomic E-state index is 15.4. The number of carbonyl (C=O) groups excluding carboxylic acids is 1. The minimum Gasteiger partial charge on any atom is -0.475 e. The number of halogens is 9. The molecule has 0 radical (unpaired) electrons. The molecule has 47 heavy (non-hydrogen) atoms. The van der Waals surface area contributed by atoms with E-state index in [1.165, 1.54) is 29.2 Å². The van der Waals surface area contributed by atoms with Crippen molar-refractivity contribution >= 4 is 23.2 Å². The third-order valence-corrected chi connectivity index (χ3v) is 8.32. The molecule has 0 bridgehead atoms. The lowest BCUT2D eigenvalue weighted by molar-refractivity contribution is -0.192. The second-order valence-electron chi connectivity index (χ2n) is 10.5. The zero-order chi connectivity index (χ0) is 34.9. The van der Waals surface area contributed by atoms with E-state index in [2.05, 4.69) is 16.5 Å². The Hall–Kier alpha value is -4.37. The fourth-order valence-corrected chi connectivity index (χ4v) is 6.22. The van der Waals surface area contributed by atoms with Gasteiger partial charge in [0.25, 0.3) is 5.92 Å². The number of hydrogen-bond donors (Lipinski definition) is 2. The molecular weight excluding hydrogens is 669 g/mol. The summed E-state index contributed by atoms with van der Waals surface area (Å²) in [5.41, 5.74) is -1.09. The van der Waals surface area contributed by atoms with Crippen molar-refractivity contribution in [1.82, 2.24) is 20.0 Å². The lowest BCUT2D eigenvalue weighted by atomic mass is 9.83. The molecule has 1 aromatic carbocycles. The van der Waals surface area contributed by atoms with Crippen molar-refractivity contribution < 1.29 is 54.2 Å². The van der Waals surface area contributed by atoms with Crippen LogP contribution in [0.4, 0.5) is 39.5 Å². The number of fused-ring (bicyclic) bond motifs is 1. The molecule has 0 aliphatic carbocycles. The van der Waals surface area contributed by atoms with Gasteiger partial charge in [0.2, 0.25) is 5.91 Å². The van der Waals surface area contributed by atoms with E-state index in [9.17, 15) is 45.2 Å². The van der Waals surface area contributed by atoms with Gasteiger partial charge in [-0.3, -0.25) is 9.48 Å². The molecule has 2 aliphatic heterocycles. The Morgan fingerprint density at radius 2 is 1.89 bits per heavy atom. The maximum atomic E-state index is 15.4. The number of carbonyl (C=O) groups is 2. The number of aryl methyl sites for hydroxylation is 1. The van der Waals surface area contributed by atoms with Gasteiger partial charge < -0.3 is 15.3 Å². The van der Waals surface area contributed by atoms with Crippen molar-refractivity contribution in [2.24, 2.45) is 0 Å². The molecule has 8 nitrogen and oxygen atoms in total. The summed E-state index contributed by atoms with van der Waals surface area (Å²) < 4.78 is 117. The number of nitrogens with zero attached hydrogens (tertiary/aromatic N) is 4. The van der Waals surface area contributed by atoms with Crippen LogP contribution in [0.3, 0.4) is 0 Å². The number of carboxylic acids is 1. The molecule has 2 aliphatic rings. The summed E-state index contributed by atoms with van der Waals surface area (Å²) in [7, 11) is 0. The highest BCUT2D eigenvalue weighted by Crippen LogP contribution is 2.45. The van der Waals surface area contributed by atoms with E-state index < -0.39 is 72.2 Å². The molecule has 1 amide bonds. The Labute approximate surface area is 264 Å². The van der Waals surface area contributed by atoms with Gasteiger partial charge in [-0.1, -0.05) is 18.2 Å². The Kier molecular flexibility index (Phi) is 10.1. The zero-order valence-electron chi connectivity index (χ0n) is 24.1. The molecule has 0 unspecified atom stereocenters. The van der Waals surface area contributed by atoms with E-state index >= 15 is 4.39 Å². The molecule has 0 spiro atoms. The fourth-order valence-electron chi connectivity index (χ4n) is 5.18. The SMILES string of the molecule is CCn1cc(-c2c(F)cccc2[C@@H]2CN(C(=O)/C=C/[C@@H]3CC(F)(F)CN3)Cc3sc(C#N)cc32)c(C(F)(F)F)n1.O=C(O)C(F)(F)F. The van der Waals surface area contributed by atoms with Crippen LogP contribution >= 0.6 is 11.3 Å². The van der Waals surface area contributed by atoms with Crippen molar-refractivity contribution in [2.75, 3.05) is 13.1 Å². The minimum atomic E-state index is -5.08. The summed E-state index contributed by atoms with van der Waals surface area (Å²) in [6.07, 6.45) is -6.66. The average Bonchev–Trinajstić information content (AvgIpc) is 3.70. The van der Waals surface area contributed by atoms with Gasteiger partial charge in [-0.25, -0.2) is 18.0 Å². The van der Waals surface area contributed by atoms with E-state index in [4.69, 9.17) is 9.90 Å². The standard InChI is InChI=1S/C27H23F6N5OS.C2HF3O2/c1-2-38-12-20(25(36-38)27(31,32)33)24-17(4-3-5-21(24)28)19-11-37(13-22-18(19)8-16(10-34)40-22)23(39)7-6-15-9-26(29,30)14-35-15;3-2(4,5)1(6)7/h3-8,12,15,19,35H,2,9,11,13-14H2,1H3;(H,6,7)/b7-6+;/t15-,19+;/m1./s1. The summed E-state index contributed by atoms with van der Waals surface area (Å²) in [6.45, 7) is 1.34. The second-order valence-corrected chi connectivity index (χ2v) is 11.7. The number of nitriles is 1. The number of rotatable bonds is 5. The van der Waals surface area contributed by atoms with E-state index in [0.29, 0.717) is 15.3 Å². The van der Waals surface area contributed by atoms with Gasteiger partial charge >= 0.3 is 18.3 Å². The molecule has 3 aromatic rings. The molecule has 0 saturated carbocycles. The third kappa shape index (κ3) is 8.14. The van der Waals surface area contributed by atoms with E-state index in [-0.39, 0.29) is 30.8 Å². The van der Waals surface area contributed by atoms with Crippen molar-refractivity contribution in [2.45, 2.75) is 56.7 Å². The van der Waals surface area contributed by atoms with Gasteiger partial charge in [0.1, 0.15) is 16.8 Å². The predicted molar refractivity (Wildman–Crippen MR) is 149 cm³/mol. The number of alkyl halides is 8. The quantitative estimate of drug-likeness (QED) is 0.239. The van der Waals surface area contributed by atoms with Crippen LogP contribution in [0.1, 0.15) is 45.8 Å². The fraction of sp³-hybridized carbons (Fsp3) is 0.379. The number of aliphatic carboxylic acids is 1. The topological polar surface area (TPSA) is 111 Å². The molecule has 18 heteroatoms. The number of thiophene rings is 1. The van der Waals surface area contributed by atoms with E-state index in [1.54, 1.807) is 13.0 Å². The Balaban J connectivity index is 0.000000644. The molecule has 1 saturated heterocycles. The van der Waals surface area contributed by atoms with Gasteiger partial charge in [0.05, 0.1) is 13.1 Å². The number of aromatic nitrogens is 2. The lowest BCUT2D eigenvalue weighted by Gasteiger charge is -2.33. The van der Waals surface area contributed by atoms with Crippen LogP contribution in [0.2, 0.25) is 0 Å². The second kappa shape index (κ2) is 13.4. The summed E-state index contributed by atoms with van der Waals surface area (Å²) in [5.74, 6) is -7.76. The first-order valence-electron chi connectivity index (χ1n) is 13.7. The highest BCUT2D eigenvalue weighted by Gasteiger charge is 2.41. The monoisotopic (exact) mass is 693 g/mol. The first-order valence-corrected chi connectivity index (χ1v) is 14.5. The molecule has 2 N–H and O–H groups in total. The van der Waals surface area contributed by atoms with Gasteiger partial charge in [-0.05, 0) is 30.2 Å². The number of nitrogens with one attached hydrogen (secondary N) is 1. The van der Waals surface area contributed by atoms with Crippen LogP contribution in [-0.2, 0) is 28.9 Å². The number of hydrogen-bond acceptors (Lipinski definition) is 6. The van der Waals surface area contributed by atoms with Crippen molar-refractivity contribution in [3.05, 3.63) is 75.0 Å². The number of carboxylic acid groups (broad SMARTS) is 1. The molecule has 4 heterocycles. The van der Waals surface area contributed by atoms with Crippen molar-refractivity contribution in [1.29, 1.82) is 5.26 Å².